The van der Waals surface area contributed by atoms with Crippen LogP contribution in [-0.4, -0.2) is 22.3 Å². The van der Waals surface area contributed by atoms with Crippen molar-refractivity contribution in [3.8, 4) is 0 Å². The number of rotatable bonds is 5. The molecule has 0 bridgehead atoms. The Balaban J connectivity index is 1.65. The Hall–Kier alpha value is -3.40. The molecule has 1 atom stereocenters. The first kappa shape index (κ1) is 19.9. The van der Waals surface area contributed by atoms with Crippen LogP contribution in [0.1, 0.15) is 39.5 Å². The summed E-state index contributed by atoms with van der Waals surface area (Å²) in [7, 11) is 0. The number of carbonyl (C=O) groups is 2. The Bertz CT molecular complexity index is 1060. The van der Waals surface area contributed by atoms with E-state index in [0.29, 0.717) is 25.1 Å². The van der Waals surface area contributed by atoms with Crippen molar-refractivity contribution in [3.63, 3.8) is 0 Å². The summed E-state index contributed by atoms with van der Waals surface area (Å²) < 4.78 is 0. The number of aryl methyl sites for hydroxylation is 1. The monoisotopic (exact) mass is 398 g/mol. The molecule has 0 unspecified atom stereocenters. The van der Waals surface area contributed by atoms with Crippen molar-refractivity contribution in [2.24, 2.45) is 0 Å². The average molecular weight is 399 g/mol. The molecule has 0 aromatic heterocycles. The molecule has 0 fully saturated rings. The van der Waals surface area contributed by atoms with Crippen LogP contribution in [0.4, 0.5) is 0 Å². The van der Waals surface area contributed by atoms with Gasteiger partial charge in [-0.25, -0.2) is 0 Å². The van der Waals surface area contributed by atoms with E-state index in [9.17, 15) is 9.59 Å². The van der Waals surface area contributed by atoms with Gasteiger partial charge in [0, 0.05) is 25.1 Å². The molecule has 0 saturated carbocycles. The summed E-state index contributed by atoms with van der Waals surface area (Å²) in [5.41, 5.74) is 3.83. The van der Waals surface area contributed by atoms with Gasteiger partial charge in [0.1, 0.15) is 5.54 Å². The predicted molar refractivity (Wildman–Crippen MR) is 118 cm³/mol. The molecule has 3 aromatic rings. The molecule has 1 N–H and O–H groups in total. The lowest BCUT2D eigenvalue weighted by Crippen LogP contribution is -2.62. The molecule has 30 heavy (non-hydrogen) atoms. The van der Waals surface area contributed by atoms with E-state index in [1.54, 1.807) is 4.90 Å². The molecule has 1 aliphatic rings. The first-order valence-corrected chi connectivity index (χ1v) is 10.2. The number of nitrogens with zero attached hydrogens (tertiary/aromatic N) is 1. The first-order valence-electron chi connectivity index (χ1n) is 10.2. The Kier molecular flexibility index (Phi) is 5.40. The van der Waals surface area contributed by atoms with Crippen LogP contribution in [0.25, 0.3) is 0 Å². The van der Waals surface area contributed by atoms with Crippen LogP contribution in [0.2, 0.25) is 0 Å². The number of benzene rings is 3. The lowest BCUT2D eigenvalue weighted by Gasteiger charge is -2.44. The van der Waals surface area contributed by atoms with Crippen LogP contribution in [0.5, 0.6) is 0 Å². The normalized spacial score (nSPS) is 18.1. The molecule has 0 aliphatic carbocycles. The summed E-state index contributed by atoms with van der Waals surface area (Å²) >= 11 is 0. The third-order valence-corrected chi connectivity index (χ3v) is 5.87. The summed E-state index contributed by atoms with van der Waals surface area (Å²) in [6, 6.07) is 25.5. The number of fused-ring (bicyclic) bond motifs is 1. The quantitative estimate of drug-likeness (QED) is 0.698. The van der Waals surface area contributed by atoms with Gasteiger partial charge in [-0.3, -0.25) is 9.59 Å². The van der Waals surface area contributed by atoms with Crippen molar-refractivity contribution in [3.05, 3.63) is 107 Å². The maximum Gasteiger partial charge on any atom is 0.255 e. The molecular formula is C26H26N2O2. The molecule has 1 aliphatic heterocycles. The van der Waals surface area contributed by atoms with Crippen molar-refractivity contribution >= 4 is 11.8 Å². The van der Waals surface area contributed by atoms with Gasteiger partial charge in [0.05, 0.1) is 0 Å². The van der Waals surface area contributed by atoms with Crippen LogP contribution < -0.4 is 5.32 Å². The van der Waals surface area contributed by atoms with E-state index in [-0.39, 0.29) is 11.8 Å². The summed E-state index contributed by atoms with van der Waals surface area (Å²) in [5, 5.41) is 3.05. The van der Waals surface area contributed by atoms with Crippen molar-refractivity contribution in [2.45, 2.75) is 38.9 Å². The molecular weight excluding hydrogens is 372 g/mol. The predicted octanol–water partition coefficient (Wildman–Crippen LogP) is 4.27. The highest BCUT2D eigenvalue weighted by molar-refractivity contribution is 6.02. The number of hydrogen-bond acceptors (Lipinski definition) is 2. The van der Waals surface area contributed by atoms with Crippen LogP contribution in [0.15, 0.2) is 78.9 Å². The third kappa shape index (κ3) is 3.86. The molecule has 4 heteroatoms. The van der Waals surface area contributed by atoms with E-state index in [2.05, 4.69) is 5.32 Å². The van der Waals surface area contributed by atoms with Gasteiger partial charge in [-0.2, -0.15) is 0 Å². The third-order valence-electron chi connectivity index (χ3n) is 5.87. The highest BCUT2D eigenvalue weighted by atomic mass is 16.2. The molecule has 4 rings (SSSR count). The van der Waals surface area contributed by atoms with Gasteiger partial charge < -0.3 is 10.2 Å². The van der Waals surface area contributed by atoms with Crippen LogP contribution in [0.3, 0.4) is 0 Å². The molecule has 0 radical (unpaired) electrons. The zero-order chi connectivity index (χ0) is 21.1. The summed E-state index contributed by atoms with van der Waals surface area (Å²) in [4.78, 5) is 28.5. The fraction of sp³-hybridized carbons (Fsp3) is 0.231. The Morgan fingerprint density at radius 3 is 2.33 bits per heavy atom. The van der Waals surface area contributed by atoms with Crippen LogP contribution >= 0.6 is 0 Å². The number of amides is 2. The van der Waals surface area contributed by atoms with Gasteiger partial charge in [-0.1, -0.05) is 78.4 Å². The largest absolute Gasteiger partial charge is 0.350 e. The van der Waals surface area contributed by atoms with E-state index < -0.39 is 5.54 Å². The van der Waals surface area contributed by atoms with Crippen molar-refractivity contribution in [1.82, 2.24) is 10.2 Å². The minimum absolute atomic E-state index is 0.102. The summed E-state index contributed by atoms with van der Waals surface area (Å²) in [6.45, 7) is 4.73. The number of carbonyl (C=O) groups excluding carboxylic acids is 2. The minimum Gasteiger partial charge on any atom is -0.350 e. The average Bonchev–Trinajstić information content (AvgIpc) is 2.77. The van der Waals surface area contributed by atoms with E-state index in [1.807, 2.05) is 92.7 Å². The first-order chi connectivity index (χ1) is 14.5. The minimum atomic E-state index is -0.967. The van der Waals surface area contributed by atoms with Gasteiger partial charge >= 0.3 is 0 Å². The Morgan fingerprint density at radius 2 is 1.60 bits per heavy atom. The SMILES string of the molecule is Cc1ccc(CN2C(=O)c3ccccc3C[C@@]2(C)C(=O)NCc2ccccc2)cc1. The van der Waals surface area contributed by atoms with Crippen molar-refractivity contribution < 1.29 is 9.59 Å². The van der Waals surface area contributed by atoms with E-state index in [1.165, 1.54) is 0 Å². The van der Waals surface area contributed by atoms with E-state index in [0.717, 1.165) is 22.3 Å². The Morgan fingerprint density at radius 1 is 0.933 bits per heavy atom. The van der Waals surface area contributed by atoms with E-state index in [4.69, 9.17) is 0 Å². The van der Waals surface area contributed by atoms with Crippen molar-refractivity contribution in [2.75, 3.05) is 0 Å². The Labute approximate surface area is 177 Å². The molecule has 0 spiro atoms. The molecule has 152 valence electrons. The maximum absolute atomic E-state index is 13.4. The topological polar surface area (TPSA) is 49.4 Å². The summed E-state index contributed by atoms with van der Waals surface area (Å²) in [5.74, 6) is -0.240. The fourth-order valence-electron chi connectivity index (χ4n) is 4.01. The van der Waals surface area contributed by atoms with Gasteiger partial charge in [0.25, 0.3) is 5.91 Å². The molecule has 3 aromatic carbocycles. The smallest absolute Gasteiger partial charge is 0.255 e. The number of nitrogens with one attached hydrogen (secondary N) is 1. The molecule has 4 nitrogen and oxygen atoms in total. The highest BCUT2D eigenvalue weighted by Crippen LogP contribution is 2.33. The van der Waals surface area contributed by atoms with Crippen molar-refractivity contribution in [1.29, 1.82) is 0 Å². The zero-order valence-electron chi connectivity index (χ0n) is 17.4. The second-order valence-corrected chi connectivity index (χ2v) is 8.15. The zero-order valence-corrected chi connectivity index (χ0v) is 17.4. The van der Waals surface area contributed by atoms with Gasteiger partial charge in [-0.05, 0) is 36.6 Å². The molecule has 0 saturated heterocycles. The highest BCUT2D eigenvalue weighted by Gasteiger charge is 2.46. The standard InChI is InChI=1S/C26H26N2O2/c1-19-12-14-21(15-13-19)18-28-24(29)23-11-7-6-10-22(23)16-26(28,2)25(30)27-17-20-8-4-3-5-9-20/h3-15H,16-18H2,1-2H3,(H,27,30)/t26-/m0/s1. The second kappa shape index (κ2) is 8.15. The van der Waals surface area contributed by atoms with Gasteiger partial charge in [-0.15, -0.1) is 0 Å². The van der Waals surface area contributed by atoms with Crippen LogP contribution in [0, 0.1) is 6.92 Å². The van der Waals surface area contributed by atoms with Gasteiger partial charge in [0.2, 0.25) is 5.91 Å². The lowest BCUT2D eigenvalue weighted by atomic mass is 9.82. The maximum atomic E-state index is 13.4. The van der Waals surface area contributed by atoms with Crippen LogP contribution in [-0.2, 0) is 24.3 Å². The lowest BCUT2D eigenvalue weighted by molar-refractivity contribution is -0.132. The fourth-order valence-corrected chi connectivity index (χ4v) is 4.01. The van der Waals surface area contributed by atoms with E-state index >= 15 is 0 Å². The summed E-state index contributed by atoms with van der Waals surface area (Å²) in [6.07, 6.45) is 0.487. The molecule has 2 amide bonds. The second-order valence-electron chi connectivity index (χ2n) is 8.15. The molecule has 1 heterocycles. The van der Waals surface area contributed by atoms with Gasteiger partial charge in [0.15, 0.2) is 0 Å². The number of hydrogen-bond donors (Lipinski definition) is 1.